The van der Waals surface area contributed by atoms with Gasteiger partial charge in [0.1, 0.15) is 22.2 Å². The van der Waals surface area contributed by atoms with E-state index in [1.165, 1.54) is 17.4 Å². The van der Waals surface area contributed by atoms with Gasteiger partial charge in [-0.3, -0.25) is 0 Å². The number of halogens is 1. The molecule has 7 heteroatoms. The summed E-state index contributed by atoms with van der Waals surface area (Å²) in [5, 5.41) is 8.15. The smallest absolute Gasteiger partial charge is 0.354 e. The summed E-state index contributed by atoms with van der Waals surface area (Å²) in [4.78, 5) is 18.8. The third-order valence-electron chi connectivity index (χ3n) is 2.78. The molecule has 0 radical (unpaired) electrons. The highest BCUT2D eigenvalue weighted by molar-refractivity contribution is 7.21. The van der Waals surface area contributed by atoms with E-state index in [1.54, 1.807) is 38.1 Å². The molecule has 0 saturated carbocycles. The van der Waals surface area contributed by atoms with Crippen LogP contribution in [0, 0.1) is 5.82 Å². The molecule has 3 rings (SSSR count). The van der Waals surface area contributed by atoms with Gasteiger partial charge in [-0.2, -0.15) is 0 Å². The van der Waals surface area contributed by atoms with Crippen molar-refractivity contribution >= 4 is 27.7 Å². The van der Waals surface area contributed by atoms with E-state index >= 15 is 0 Å². The number of hydrogen-bond acceptors (Lipinski definition) is 5. The number of aromatic nitrogens is 2. The number of carbonyl (C=O) groups excluding carboxylic acids is 1. The number of aliphatic hydroxyl groups excluding tert-OH is 1. The summed E-state index contributed by atoms with van der Waals surface area (Å²) in [6, 6.07) is 8.15. The zero-order valence-corrected chi connectivity index (χ0v) is 13.6. The highest BCUT2D eigenvalue weighted by Gasteiger charge is 2.15. The van der Waals surface area contributed by atoms with Crippen LogP contribution in [0.1, 0.15) is 24.3 Å². The predicted molar refractivity (Wildman–Crippen MR) is 88.1 cm³/mol. The Morgan fingerprint density at radius 2 is 2.09 bits per heavy atom. The van der Waals surface area contributed by atoms with Crippen molar-refractivity contribution < 1.29 is 19.0 Å². The van der Waals surface area contributed by atoms with Gasteiger partial charge in [0.2, 0.25) is 0 Å². The Hall–Kier alpha value is -2.25. The first-order valence-electron chi connectivity index (χ1n) is 7.13. The number of rotatable bonds is 3. The van der Waals surface area contributed by atoms with E-state index in [1.807, 2.05) is 0 Å². The number of H-pyrrole nitrogens is 1. The summed E-state index contributed by atoms with van der Waals surface area (Å²) in [6.45, 7) is 4.00. The molecule has 0 fully saturated rings. The number of nitrogens with one attached hydrogen (secondary N) is 1. The summed E-state index contributed by atoms with van der Waals surface area (Å²) in [6.07, 6.45) is 0. The van der Waals surface area contributed by atoms with Crippen LogP contribution in [0.3, 0.4) is 0 Å². The van der Waals surface area contributed by atoms with E-state index < -0.39 is 5.97 Å². The fraction of sp³-hybridized carbons (Fsp3) is 0.250. The largest absolute Gasteiger partial charge is 0.461 e. The highest BCUT2D eigenvalue weighted by atomic mass is 32.1. The molecular formula is C16H17FN2O3S. The zero-order valence-electron chi connectivity index (χ0n) is 12.8. The summed E-state index contributed by atoms with van der Waals surface area (Å²) < 4.78 is 19.4. The summed E-state index contributed by atoms with van der Waals surface area (Å²) in [7, 11) is 0. The van der Waals surface area contributed by atoms with E-state index in [-0.39, 0.29) is 12.4 Å². The fourth-order valence-corrected chi connectivity index (χ4v) is 2.87. The molecule has 2 heterocycles. The van der Waals surface area contributed by atoms with Crippen LogP contribution in [-0.2, 0) is 4.74 Å². The molecule has 2 aromatic heterocycles. The second-order valence-corrected chi connectivity index (χ2v) is 5.46. The summed E-state index contributed by atoms with van der Waals surface area (Å²) in [5.74, 6) is -0.723. The van der Waals surface area contributed by atoms with Crippen molar-refractivity contribution in [2.75, 3.05) is 13.2 Å². The molecule has 0 amide bonds. The lowest BCUT2D eigenvalue weighted by Gasteiger charge is -1.98. The number of hydrogen-bond donors (Lipinski definition) is 2. The van der Waals surface area contributed by atoms with E-state index in [0.29, 0.717) is 28.5 Å². The Morgan fingerprint density at radius 3 is 2.70 bits per heavy atom. The highest BCUT2D eigenvalue weighted by Crippen LogP contribution is 2.31. The van der Waals surface area contributed by atoms with Gasteiger partial charge in [0.15, 0.2) is 0 Å². The van der Waals surface area contributed by atoms with Gasteiger partial charge >= 0.3 is 5.97 Å². The number of aromatic amines is 1. The van der Waals surface area contributed by atoms with Crippen molar-refractivity contribution in [2.45, 2.75) is 13.8 Å². The minimum absolute atomic E-state index is 0.250. The average molecular weight is 336 g/mol. The average Bonchev–Trinajstić information content (AvgIpc) is 3.07. The topological polar surface area (TPSA) is 75.2 Å². The van der Waals surface area contributed by atoms with E-state index in [4.69, 9.17) is 9.84 Å². The molecule has 0 spiro atoms. The molecule has 1 aromatic carbocycles. The lowest BCUT2D eigenvalue weighted by molar-refractivity contribution is 0.0520. The third-order valence-corrected chi connectivity index (χ3v) is 3.82. The van der Waals surface area contributed by atoms with Gasteiger partial charge in [0, 0.05) is 12.2 Å². The molecule has 0 aliphatic rings. The molecular weight excluding hydrogens is 319 g/mol. The number of carbonyl (C=O) groups is 1. The van der Waals surface area contributed by atoms with Gasteiger partial charge in [-0.1, -0.05) is 12.1 Å². The van der Waals surface area contributed by atoms with E-state index in [2.05, 4.69) is 9.97 Å². The molecule has 0 atom stereocenters. The summed E-state index contributed by atoms with van der Waals surface area (Å²) in [5.41, 5.74) is 1.39. The van der Waals surface area contributed by atoms with Crippen molar-refractivity contribution in [2.24, 2.45) is 0 Å². The maximum absolute atomic E-state index is 13.7. The van der Waals surface area contributed by atoms with E-state index in [9.17, 15) is 9.18 Å². The van der Waals surface area contributed by atoms with Crippen molar-refractivity contribution in [3.05, 3.63) is 41.8 Å². The SMILES string of the molecule is CCO.CCOC(=O)c1cc2sc(-c3ccccc3F)nc2[nH]1. The van der Waals surface area contributed by atoms with Crippen LogP contribution in [0.25, 0.3) is 20.9 Å². The molecule has 0 saturated heterocycles. The second kappa shape index (κ2) is 7.85. The number of thiazole rings is 1. The van der Waals surface area contributed by atoms with Gasteiger partial charge in [0.25, 0.3) is 0 Å². The molecule has 5 nitrogen and oxygen atoms in total. The van der Waals surface area contributed by atoms with Crippen LogP contribution in [0.15, 0.2) is 30.3 Å². The van der Waals surface area contributed by atoms with Crippen LogP contribution in [0.2, 0.25) is 0 Å². The number of aliphatic hydroxyl groups is 1. The van der Waals surface area contributed by atoms with Crippen LogP contribution in [0.5, 0.6) is 0 Å². The first kappa shape index (κ1) is 17.1. The monoisotopic (exact) mass is 336 g/mol. The number of ether oxygens (including phenoxy) is 1. The van der Waals surface area contributed by atoms with Gasteiger partial charge in [-0.15, -0.1) is 11.3 Å². The lowest BCUT2D eigenvalue weighted by Crippen LogP contribution is -2.04. The normalized spacial score (nSPS) is 10.3. The maximum Gasteiger partial charge on any atom is 0.354 e. The van der Waals surface area contributed by atoms with Crippen molar-refractivity contribution in [3.8, 4) is 10.6 Å². The third kappa shape index (κ3) is 3.94. The number of esters is 1. The molecule has 2 N–H and O–H groups in total. The fourth-order valence-electron chi connectivity index (χ4n) is 1.88. The van der Waals surface area contributed by atoms with Gasteiger partial charge in [0.05, 0.1) is 11.3 Å². The number of nitrogens with zero attached hydrogens (tertiary/aromatic N) is 1. The Morgan fingerprint density at radius 1 is 1.39 bits per heavy atom. The van der Waals surface area contributed by atoms with Crippen LogP contribution in [0.4, 0.5) is 4.39 Å². The number of benzene rings is 1. The van der Waals surface area contributed by atoms with Crippen LogP contribution >= 0.6 is 11.3 Å². The van der Waals surface area contributed by atoms with Gasteiger partial charge < -0.3 is 14.8 Å². The zero-order chi connectivity index (χ0) is 16.8. The molecule has 3 aromatic rings. The molecule has 0 aliphatic heterocycles. The first-order chi connectivity index (χ1) is 11.1. The minimum atomic E-state index is -0.412. The maximum atomic E-state index is 13.7. The van der Waals surface area contributed by atoms with Gasteiger partial charge in [-0.05, 0) is 32.0 Å². The van der Waals surface area contributed by atoms with Gasteiger partial charge in [-0.25, -0.2) is 14.2 Å². The minimum Gasteiger partial charge on any atom is -0.461 e. The quantitative estimate of drug-likeness (QED) is 0.717. The first-order valence-corrected chi connectivity index (χ1v) is 7.94. The Labute approximate surface area is 136 Å². The molecule has 23 heavy (non-hydrogen) atoms. The van der Waals surface area contributed by atoms with Crippen LogP contribution < -0.4 is 0 Å². The van der Waals surface area contributed by atoms with Crippen LogP contribution in [-0.4, -0.2) is 34.3 Å². The Balaban J connectivity index is 0.000000595. The van der Waals surface area contributed by atoms with Crippen molar-refractivity contribution in [1.82, 2.24) is 9.97 Å². The predicted octanol–water partition coefficient (Wildman–Crippen LogP) is 3.61. The second-order valence-electron chi connectivity index (χ2n) is 4.43. The van der Waals surface area contributed by atoms with Crippen molar-refractivity contribution in [1.29, 1.82) is 0 Å². The molecule has 0 unspecified atom stereocenters. The summed E-state index contributed by atoms with van der Waals surface area (Å²) >= 11 is 1.33. The number of fused-ring (bicyclic) bond motifs is 1. The van der Waals surface area contributed by atoms with Crippen molar-refractivity contribution in [3.63, 3.8) is 0 Å². The standard InChI is InChI=1S/C14H11FN2O2S.C2H6O/c1-2-19-14(18)10-7-11-12(16-10)17-13(20-11)8-5-3-4-6-9(8)15;1-2-3/h3-7,16H,2H2,1H3;3H,2H2,1H3. The molecule has 122 valence electrons. The molecule has 0 aliphatic carbocycles. The lowest BCUT2D eigenvalue weighted by atomic mass is 10.2. The Bertz CT molecular complexity index is 766. The molecule has 0 bridgehead atoms. The van der Waals surface area contributed by atoms with E-state index in [0.717, 1.165) is 4.70 Å². The Kier molecular flexibility index (Phi) is 5.84.